The third kappa shape index (κ3) is 2.01. The average molecular weight is 130 g/mol. The highest BCUT2D eigenvalue weighted by Gasteiger charge is 2.14. The predicted molar refractivity (Wildman–Crippen MR) is 31.0 cm³/mol. The van der Waals surface area contributed by atoms with E-state index in [0.717, 1.165) is 19.4 Å². The van der Waals surface area contributed by atoms with E-state index in [2.05, 4.69) is 4.74 Å². The zero-order valence-electron chi connectivity index (χ0n) is 5.21. The largest absolute Gasteiger partial charge is 0.465 e. The van der Waals surface area contributed by atoms with Crippen LogP contribution < -0.4 is 0 Å². The van der Waals surface area contributed by atoms with Crippen LogP contribution in [0, 0.1) is 0 Å². The summed E-state index contributed by atoms with van der Waals surface area (Å²) in [5.74, 6) is 0. The van der Waals surface area contributed by atoms with Gasteiger partial charge in [0.2, 0.25) is 0 Å². The Labute approximate surface area is 53.9 Å². The molecule has 3 heteroatoms. The molecule has 0 radical (unpaired) electrons. The molecule has 3 nitrogen and oxygen atoms in total. The monoisotopic (exact) mass is 130 g/mol. The summed E-state index contributed by atoms with van der Waals surface area (Å²) >= 11 is 0. The zero-order valence-corrected chi connectivity index (χ0v) is 5.21. The van der Waals surface area contributed by atoms with Crippen molar-refractivity contribution in [3.8, 4) is 0 Å². The van der Waals surface area contributed by atoms with Crippen molar-refractivity contribution >= 4 is 6.47 Å². The molecule has 0 aromatic heterocycles. The fourth-order valence-corrected chi connectivity index (χ4v) is 0.922. The maximum atomic E-state index is 9.68. The Hall–Kier alpha value is -0.570. The smallest absolute Gasteiger partial charge is 0.293 e. The van der Waals surface area contributed by atoms with Crippen LogP contribution in [0.25, 0.3) is 0 Å². The van der Waals surface area contributed by atoms with Gasteiger partial charge in [0, 0.05) is 6.61 Å². The van der Waals surface area contributed by atoms with Crippen molar-refractivity contribution in [3.05, 3.63) is 0 Å². The van der Waals surface area contributed by atoms with Gasteiger partial charge < -0.3 is 9.47 Å². The molecule has 0 N–H and O–H groups in total. The Kier molecular flexibility index (Phi) is 2.51. The van der Waals surface area contributed by atoms with Crippen LogP contribution in [-0.4, -0.2) is 25.8 Å². The molecule has 1 saturated heterocycles. The first-order chi connectivity index (χ1) is 4.43. The van der Waals surface area contributed by atoms with Crippen LogP contribution in [0.3, 0.4) is 0 Å². The summed E-state index contributed by atoms with van der Waals surface area (Å²) in [6.45, 7) is 1.69. The van der Waals surface area contributed by atoms with Crippen molar-refractivity contribution in [2.24, 2.45) is 0 Å². The lowest BCUT2D eigenvalue weighted by atomic mass is 10.2. The topological polar surface area (TPSA) is 35.5 Å². The summed E-state index contributed by atoms with van der Waals surface area (Å²) in [6, 6.07) is 0. The van der Waals surface area contributed by atoms with E-state index < -0.39 is 0 Å². The Balaban J connectivity index is 2.04. The van der Waals surface area contributed by atoms with E-state index in [0.29, 0.717) is 13.1 Å². The molecule has 0 aromatic rings. The number of carbonyl (C=O) groups excluding carboxylic acids is 1. The molecule has 1 aliphatic rings. The summed E-state index contributed by atoms with van der Waals surface area (Å²) in [4.78, 5) is 9.68. The Bertz CT molecular complexity index is 86.3. The predicted octanol–water partition coefficient (Wildman–Crippen LogP) is 0.338. The molecule has 0 spiro atoms. The molecule has 1 fully saturated rings. The maximum absolute atomic E-state index is 9.68. The minimum atomic E-state index is 0.162. The second-order valence-corrected chi connectivity index (χ2v) is 2.06. The fraction of sp³-hybridized carbons (Fsp3) is 0.833. The van der Waals surface area contributed by atoms with E-state index in [1.165, 1.54) is 0 Å². The van der Waals surface area contributed by atoms with Gasteiger partial charge in [0.25, 0.3) is 6.47 Å². The highest BCUT2D eigenvalue weighted by molar-refractivity contribution is 5.36. The first-order valence-electron chi connectivity index (χ1n) is 3.10. The molecule has 0 aromatic carbocycles. The summed E-state index contributed by atoms with van der Waals surface area (Å²) in [6.07, 6.45) is 2.27. The molecule has 0 aliphatic carbocycles. The van der Waals surface area contributed by atoms with Gasteiger partial charge in [0.15, 0.2) is 0 Å². The van der Waals surface area contributed by atoms with Crippen molar-refractivity contribution in [3.63, 3.8) is 0 Å². The number of carbonyl (C=O) groups is 1. The first kappa shape index (κ1) is 6.55. The van der Waals surface area contributed by atoms with Crippen LogP contribution in [0.4, 0.5) is 0 Å². The van der Waals surface area contributed by atoms with Crippen molar-refractivity contribution in [2.45, 2.75) is 18.9 Å². The van der Waals surface area contributed by atoms with Gasteiger partial charge in [-0.1, -0.05) is 0 Å². The van der Waals surface area contributed by atoms with Gasteiger partial charge >= 0.3 is 0 Å². The van der Waals surface area contributed by atoms with E-state index >= 15 is 0 Å². The van der Waals surface area contributed by atoms with Gasteiger partial charge in [-0.15, -0.1) is 0 Å². The third-order valence-electron chi connectivity index (χ3n) is 1.37. The van der Waals surface area contributed by atoms with Gasteiger partial charge in [-0.3, -0.25) is 4.79 Å². The molecular formula is C6H10O3. The Morgan fingerprint density at radius 3 is 3.22 bits per heavy atom. The van der Waals surface area contributed by atoms with Crippen LogP contribution in [0.1, 0.15) is 12.8 Å². The van der Waals surface area contributed by atoms with Crippen molar-refractivity contribution in [1.29, 1.82) is 0 Å². The molecule has 1 atom stereocenters. The highest BCUT2D eigenvalue weighted by atomic mass is 16.6. The van der Waals surface area contributed by atoms with Crippen LogP contribution in [0.2, 0.25) is 0 Å². The van der Waals surface area contributed by atoms with E-state index in [-0.39, 0.29) is 6.10 Å². The number of hydrogen-bond acceptors (Lipinski definition) is 3. The van der Waals surface area contributed by atoms with Gasteiger partial charge in [-0.25, -0.2) is 0 Å². The lowest BCUT2D eigenvalue weighted by molar-refractivity contribution is -0.131. The Morgan fingerprint density at radius 2 is 2.67 bits per heavy atom. The van der Waals surface area contributed by atoms with Gasteiger partial charge in [0.05, 0.1) is 6.10 Å². The second kappa shape index (κ2) is 3.45. The lowest BCUT2D eigenvalue weighted by Crippen LogP contribution is -2.12. The van der Waals surface area contributed by atoms with Gasteiger partial charge in [0.1, 0.15) is 6.61 Å². The minimum Gasteiger partial charge on any atom is -0.465 e. The van der Waals surface area contributed by atoms with Crippen LogP contribution in [0.5, 0.6) is 0 Å². The third-order valence-corrected chi connectivity index (χ3v) is 1.37. The van der Waals surface area contributed by atoms with E-state index in [9.17, 15) is 4.79 Å². The first-order valence-corrected chi connectivity index (χ1v) is 3.10. The zero-order chi connectivity index (χ0) is 6.53. The maximum Gasteiger partial charge on any atom is 0.293 e. The summed E-state index contributed by atoms with van der Waals surface area (Å²) < 4.78 is 9.68. The van der Waals surface area contributed by atoms with E-state index in [4.69, 9.17) is 4.74 Å². The van der Waals surface area contributed by atoms with Gasteiger partial charge in [-0.05, 0) is 12.8 Å². The van der Waals surface area contributed by atoms with Crippen molar-refractivity contribution in [1.82, 2.24) is 0 Å². The lowest BCUT2D eigenvalue weighted by Gasteiger charge is -2.05. The van der Waals surface area contributed by atoms with E-state index in [1.807, 2.05) is 0 Å². The molecule has 9 heavy (non-hydrogen) atoms. The Morgan fingerprint density at radius 1 is 1.78 bits per heavy atom. The van der Waals surface area contributed by atoms with Crippen molar-refractivity contribution < 1.29 is 14.3 Å². The second-order valence-electron chi connectivity index (χ2n) is 2.06. The van der Waals surface area contributed by atoms with Gasteiger partial charge in [-0.2, -0.15) is 0 Å². The SMILES string of the molecule is O=COC[C@H]1CCCO1. The fourth-order valence-electron chi connectivity index (χ4n) is 0.922. The summed E-state index contributed by atoms with van der Waals surface area (Å²) in [5, 5.41) is 0. The summed E-state index contributed by atoms with van der Waals surface area (Å²) in [7, 11) is 0. The van der Waals surface area contributed by atoms with E-state index in [1.54, 1.807) is 0 Å². The molecule has 0 unspecified atom stereocenters. The minimum absolute atomic E-state index is 0.162. The van der Waals surface area contributed by atoms with Crippen LogP contribution in [0.15, 0.2) is 0 Å². The average Bonchev–Trinajstić information content (AvgIpc) is 2.34. The number of ether oxygens (including phenoxy) is 2. The summed E-state index contributed by atoms with van der Waals surface area (Å²) in [5.41, 5.74) is 0. The molecule has 0 saturated carbocycles. The molecule has 1 heterocycles. The molecule has 0 amide bonds. The highest BCUT2D eigenvalue weighted by Crippen LogP contribution is 2.11. The number of hydrogen-bond donors (Lipinski definition) is 0. The quantitative estimate of drug-likeness (QED) is 0.517. The molecule has 52 valence electrons. The van der Waals surface area contributed by atoms with Crippen LogP contribution in [-0.2, 0) is 14.3 Å². The molecule has 0 bridgehead atoms. The number of rotatable bonds is 3. The van der Waals surface area contributed by atoms with Crippen LogP contribution >= 0.6 is 0 Å². The molecule has 1 aliphatic heterocycles. The standard InChI is InChI=1S/C6H10O3/c7-5-8-4-6-2-1-3-9-6/h5-6H,1-4H2/t6-/m1/s1. The normalized spacial score (nSPS) is 26.0. The van der Waals surface area contributed by atoms with Crippen molar-refractivity contribution in [2.75, 3.05) is 13.2 Å². The molecule has 1 rings (SSSR count). The molecular weight excluding hydrogens is 120 g/mol.